The average molecular weight is 371 g/mol. The first-order valence-electron chi connectivity index (χ1n) is 8.77. The number of rotatable bonds is 6. The van der Waals surface area contributed by atoms with Crippen molar-refractivity contribution in [3.8, 4) is 5.75 Å². The van der Waals surface area contributed by atoms with Gasteiger partial charge in [-0.05, 0) is 30.0 Å². The van der Waals surface area contributed by atoms with Gasteiger partial charge >= 0.3 is 0 Å². The number of phenolic OH excluding ortho intramolecular Hbond substituents is 1. The Morgan fingerprint density at radius 1 is 1.15 bits per heavy atom. The number of piperazine rings is 1. The van der Waals surface area contributed by atoms with E-state index in [1.54, 1.807) is 43.7 Å². The molecule has 1 aromatic carbocycles. The highest BCUT2D eigenvalue weighted by atomic mass is 16.3. The summed E-state index contributed by atoms with van der Waals surface area (Å²) < 4.78 is 0. The predicted octanol–water partition coefficient (Wildman–Crippen LogP) is -0.0609. The van der Waals surface area contributed by atoms with Crippen LogP contribution < -0.4 is 22.9 Å². The molecule has 0 spiro atoms. The van der Waals surface area contributed by atoms with Gasteiger partial charge in [0.15, 0.2) is 0 Å². The van der Waals surface area contributed by atoms with Crippen molar-refractivity contribution in [2.75, 3.05) is 39.8 Å². The van der Waals surface area contributed by atoms with E-state index in [0.29, 0.717) is 17.0 Å². The number of allylic oxidation sites excluding steroid dienone is 1. The largest absolute Gasteiger partial charge is 0.507 e. The second kappa shape index (κ2) is 9.54. The molecular weight excluding hydrogens is 342 g/mol. The van der Waals surface area contributed by atoms with Crippen molar-refractivity contribution in [1.82, 2.24) is 9.80 Å². The van der Waals surface area contributed by atoms with Crippen LogP contribution in [0.1, 0.15) is 5.56 Å². The van der Waals surface area contributed by atoms with Crippen LogP contribution in [0, 0.1) is 0 Å². The lowest BCUT2D eigenvalue weighted by atomic mass is 10.1. The number of hydrogen-bond acceptors (Lipinski definition) is 8. The average Bonchev–Trinajstić information content (AvgIpc) is 2.66. The Morgan fingerprint density at radius 3 is 2.37 bits per heavy atom. The highest BCUT2D eigenvalue weighted by Gasteiger charge is 2.20. The van der Waals surface area contributed by atoms with E-state index in [4.69, 9.17) is 22.9 Å². The van der Waals surface area contributed by atoms with Crippen molar-refractivity contribution >= 4 is 11.9 Å². The van der Waals surface area contributed by atoms with Gasteiger partial charge in [0.05, 0.1) is 5.70 Å². The third-order valence-electron chi connectivity index (χ3n) is 4.43. The van der Waals surface area contributed by atoms with Crippen molar-refractivity contribution in [3.63, 3.8) is 0 Å². The molecular formula is C19H29N7O. The van der Waals surface area contributed by atoms with Crippen LogP contribution in [0.25, 0.3) is 5.70 Å². The van der Waals surface area contributed by atoms with E-state index in [1.165, 1.54) is 0 Å². The van der Waals surface area contributed by atoms with Crippen molar-refractivity contribution < 1.29 is 5.11 Å². The summed E-state index contributed by atoms with van der Waals surface area (Å²) in [6.07, 6.45) is 5.07. The first kappa shape index (κ1) is 20.2. The minimum atomic E-state index is 0.115. The zero-order chi connectivity index (χ0) is 19.8. The molecule has 2 rings (SSSR count). The highest BCUT2D eigenvalue weighted by Crippen LogP contribution is 2.23. The van der Waals surface area contributed by atoms with Gasteiger partial charge in [0.25, 0.3) is 0 Å². The summed E-state index contributed by atoms with van der Waals surface area (Å²) in [5, 5.41) is 9.98. The molecule has 1 fully saturated rings. The first-order valence-corrected chi connectivity index (χ1v) is 8.77. The standard InChI is InChI=1S/C19H29N7O/c1-24-12-14(11-20)13-25-6-8-26(9-7-25)17(19(22)23)10-16(21)15-4-2-3-5-18(15)27/h2-5,10-12,27H,6-9,13,20-23H2,1H3/b14-11?,16-10-,24-12?. The van der Waals surface area contributed by atoms with Gasteiger partial charge in [0.2, 0.25) is 0 Å². The van der Waals surface area contributed by atoms with E-state index < -0.39 is 0 Å². The summed E-state index contributed by atoms with van der Waals surface area (Å²) in [6.45, 7) is 3.90. The smallest absolute Gasteiger partial charge is 0.124 e. The quantitative estimate of drug-likeness (QED) is 0.348. The van der Waals surface area contributed by atoms with E-state index in [1.807, 2.05) is 6.07 Å². The van der Waals surface area contributed by atoms with Crippen LogP contribution in [0.5, 0.6) is 5.75 Å². The van der Waals surface area contributed by atoms with Crippen LogP contribution in [0.4, 0.5) is 0 Å². The van der Waals surface area contributed by atoms with Gasteiger partial charge in [0.1, 0.15) is 11.6 Å². The Hall–Kier alpha value is -3.13. The fraction of sp³-hybridized carbons (Fsp3) is 0.316. The number of hydrogen-bond donors (Lipinski definition) is 5. The summed E-state index contributed by atoms with van der Waals surface area (Å²) in [7, 11) is 1.73. The third kappa shape index (κ3) is 5.42. The molecule has 1 aliphatic heterocycles. The van der Waals surface area contributed by atoms with Gasteiger partial charge in [0, 0.05) is 57.2 Å². The monoisotopic (exact) mass is 371 g/mol. The minimum Gasteiger partial charge on any atom is -0.507 e. The van der Waals surface area contributed by atoms with E-state index >= 15 is 0 Å². The highest BCUT2D eigenvalue weighted by molar-refractivity contribution is 5.78. The van der Waals surface area contributed by atoms with Crippen LogP contribution in [-0.2, 0) is 0 Å². The molecule has 0 unspecified atom stereocenters. The van der Waals surface area contributed by atoms with Crippen LogP contribution in [0.15, 0.2) is 58.6 Å². The lowest BCUT2D eigenvalue weighted by Gasteiger charge is -2.37. The fourth-order valence-electron chi connectivity index (χ4n) is 3.01. The molecule has 0 atom stereocenters. The maximum absolute atomic E-state index is 9.98. The zero-order valence-corrected chi connectivity index (χ0v) is 15.7. The molecule has 1 saturated heterocycles. The Balaban J connectivity index is 2.09. The van der Waals surface area contributed by atoms with Crippen molar-refractivity contribution in [2.24, 2.45) is 27.9 Å². The molecule has 146 valence electrons. The van der Waals surface area contributed by atoms with Gasteiger partial charge in [-0.3, -0.25) is 9.89 Å². The van der Waals surface area contributed by atoms with Gasteiger partial charge < -0.3 is 32.9 Å². The van der Waals surface area contributed by atoms with E-state index in [2.05, 4.69) is 14.8 Å². The van der Waals surface area contributed by atoms with Crippen molar-refractivity contribution in [3.05, 3.63) is 59.2 Å². The van der Waals surface area contributed by atoms with E-state index in [9.17, 15) is 5.11 Å². The van der Waals surface area contributed by atoms with Gasteiger partial charge in [-0.25, -0.2) is 0 Å². The van der Waals surface area contributed by atoms with Gasteiger partial charge in [-0.2, -0.15) is 0 Å². The summed E-state index contributed by atoms with van der Waals surface area (Å²) in [4.78, 5) is 8.40. The first-order chi connectivity index (χ1) is 13.0. The SMILES string of the molecule is CN=CC(=CN)CN1CCN(C(/C=C(\N)c2ccccc2O)=C(N)N)CC1. The Bertz CT molecular complexity index is 755. The number of nitrogens with zero attached hydrogens (tertiary/aromatic N) is 3. The van der Waals surface area contributed by atoms with Gasteiger partial charge in [-0.15, -0.1) is 0 Å². The number of aliphatic imine (C=N–C) groups is 1. The molecule has 0 bridgehead atoms. The second-order valence-corrected chi connectivity index (χ2v) is 6.35. The molecule has 0 aliphatic carbocycles. The summed E-state index contributed by atoms with van der Waals surface area (Å²) in [5.41, 5.74) is 26.2. The predicted molar refractivity (Wildman–Crippen MR) is 110 cm³/mol. The number of benzene rings is 1. The Morgan fingerprint density at radius 2 is 1.81 bits per heavy atom. The van der Waals surface area contributed by atoms with Crippen LogP contribution in [0.2, 0.25) is 0 Å². The molecule has 0 radical (unpaired) electrons. The van der Waals surface area contributed by atoms with E-state index in [-0.39, 0.29) is 11.6 Å². The maximum Gasteiger partial charge on any atom is 0.124 e. The normalized spacial score (nSPS) is 16.7. The molecule has 1 heterocycles. The topological polar surface area (TPSA) is 143 Å². The number of phenols is 1. The lowest BCUT2D eigenvalue weighted by Crippen LogP contribution is -2.47. The molecule has 8 heteroatoms. The Kier molecular flexibility index (Phi) is 7.13. The van der Waals surface area contributed by atoms with Crippen LogP contribution in [-0.4, -0.2) is 60.9 Å². The van der Waals surface area contributed by atoms with Crippen LogP contribution in [0.3, 0.4) is 0 Å². The second-order valence-electron chi connectivity index (χ2n) is 6.35. The minimum absolute atomic E-state index is 0.115. The molecule has 0 amide bonds. The Labute approximate surface area is 160 Å². The third-order valence-corrected chi connectivity index (χ3v) is 4.43. The summed E-state index contributed by atoms with van der Waals surface area (Å²) >= 11 is 0. The zero-order valence-electron chi connectivity index (χ0n) is 15.7. The number of aromatic hydroxyl groups is 1. The van der Waals surface area contributed by atoms with Crippen molar-refractivity contribution in [1.29, 1.82) is 0 Å². The summed E-state index contributed by atoms with van der Waals surface area (Å²) in [6, 6.07) is 6.89. The van der Waals surface area contributed by atoms with Gasteiger partial charge in [-0.1, -0.05) is 12.1 Å². The molecule has 27 heavy (non-hydrogen) atoms. The van der Waals surface area contributed by atoms with Crippen LogP contribution >= 0.6 is 0 Å². The molecule has 9 N–H and O–H groups in total. The molecule has 1 aliphatic rings. The molecule has 0 aromatic heterocycles. The molecule has 0 saturated carbocycles. The number of nitrogens with two attached hydrogens (primary N) is 4. The molecule has 1 aromatic rings. The lowest BCUT2D eigenvalue weighted by molar-refractivity contribution is 0.172. The van der Waals surface area contributed by atoms with E-state index in [0.717, 1.165) is 38.3 Å². The fourth-order valence-corrected chi connectivity index (χ4v) is 3.01. The molecule has 8 nitrogen and oxygen atoms in total. The maximum atomic E-state index is 9.98. The number of para-hydroxylation sites is 1. The summed E-state index contributed by atoms with van der Waals surface area (Å²) in [5.74, 6) is 0.312. The van der Waals surface area contributed by atoms with Crippen molar-refractivity contribution in [2.45, 2.75) is 0 Å².